The van der Waals surface area contributed by atoms with Crippen LogP contribution in [0.1, 0.15) is 0 Å². The Kier molecular flexibility index (Phi) is 3.69. The van der Waals surface area contributed by atoms with Gasteiger partial charge in [-0.3, -0.25) is 0 Å². The molecule has 0 rings (SSSR count). The van der Waals surface area contributed by atoms with E-state index in [1.807, 2.05) is 0 Å². The summed E-state index contributed by atoms with van der Waals surface area (Å²) >= 11 is 15.8. The van der Waals surface area contributed by atoms with Gasteiger partial charge < -0.3 is 14.6 Å². The molecule has 0 fully saturated rings. The van der Waals surface area contributed by atoms with Gasteiger partial charge in [0.05, 0.1) is 0 Å². The van der Waals surface area contributed by atoms with Gasteiger partial charge in [-0.1, -0.05) is 34.8 Å². The largest absolute Gasteiger partial charge is 0.340 e. The lowest BCUT2D eigenvalue weighted by molar-refractivity contribution is -0.336. The number of rotatable bonds is 2. The number of methoxy groups -OCH3 is 2. The first kappa shape index (κ1) is 10.8. The highest BCUT2D eigenvalue weighted by atomic mass is 35.6. The first-order valence-corrected chi connectivity index (χ1v) is 3.40. The van der Waals surface area contributed by atoms with Gasteiger partial charge in [0, 0.05) is 14.2 Å². The van der Waals surface area contributed by atoms with Crippen molar-refractivity contribution in [2.75, 3.05) is 14.2 Å². The third-order valence-corrected chi connectivity index (χ3v) is 1.63. The van der Waals surface area contributed by atoms with Crippen LogP contribution in [0.5, 0.6) is 0 Å². The normalized spacial score (nSPS) is 13.8. The third kappa shape index (κ3) is 2.12. The molecule has 0 aromatic rings. The Labute approximate surface area is 73.8 Å². The first-order valence-electron chi connectivity index (χ1n) is 2.27. The molecule has 0 aromatic carbocycles. The highest BCUT2D eigenvalue weighted by Crippen LogP contribution is 2.38. The Morgan fingerprint density at radius 2 is 1.40 bits per heavy atom. The average Bonchev–Trinajstić information content (AvgIpc) is 1.84. The third-order valence-electron chi connectivity index (χ3n) is 0.912. The van der Waals surface area contributed by atoms with Gasteiger partial charge in [0.15, 0.2) is 0 Å². The molecule has 0 aliphatic rings. The minimum Gasteiger partial charge on any atom is -0.340 e. The molecule has 0 heterocycles. The van der Waals surface area contributed by atoms with Gasteiger partial charge in [-0.05, 0) is 0 Å². The summed E-state index contributed by atoms with van der Waals surface area (Å²) < 4.78 is 6.76. The van der Waals surface area contributed by atoms with Crippen LogP contribution in [-0.2, 0) is 9.47 Å². The second kappa shape index (κ2) is 3.43. The molecule has 0 spiro atoms. The van der Waals surface area contributed by atoms with Crippen LogP contribution in [0.3, 0.4) is 0 Å². The van der Waals surface area contributed by atoms with Crippen molar-refractivity contribution < 1.29 is 14.6 Å². The number of alkyl halides is 3. The van der Waals surface area contributed by atoms with Gasteiger partial charge in [-0.15, -0.1) is 0 Å². The highest BCUT2D eigenvalue weighted by molar-refractivity contribution is 6.68. The number of aliphatic hydroxyl groups is 1. The number of hydrogen-bond acceptors (Lipinski definition) is 3. The van der Waals surface area contributed by atoms with Crippen molar-refractivity contribution >= 4 is 34.8 Å². The summed E-state index contributed by atoms with van der Waals surface area (Å²) in [5, 5.41) is 9.12. The van der Waals surface area contributed by atoms with Crippen molar-refractivity contribution in [2.24, 2.45) is 0 Å². The summed E-state index contributed by atoms with van der Waals surface area (Å²) in [5.74, 6) is -2.18. The minimum atomic E-state index is -2.18. The summed E-state index contributed by atoms with van der Waals surface area (Å²) in [4.78, 5) is 0. The maximum Gasteiger partial charge on any atom is 0.330 e. The summed E-state index contributed by atoms with van der Waals surface area (Å²) in [6.45, 7) is 0. The van der Waals surface area contributed by atoms with Gasteiger partial charge in [-0.2, -0.15) is 0 Å². The Morgan fingerprint density at radius 1 is 1.10 bits per heavy atom. The quantitative estimate of drug-likeness (QED) is 0.550. The summed E-state index contributed by atoms with van der Waals surface area (Å²) in [6, 6.07) is 0. The molecule has 0 radical (unpaired) electrons. The van der Waals surface area contributed by atoms with E-state index in [2.05, 4.69) is 9.47 Å². The van der Waals surface area contributed by atoms with Gasteiger partial charge in [0.2, 0.25) is 0 Å². The van der Waals surface area contributed by atoms with Crippen LogP contribution in [0.25, 0.3) is 0 Å². The second-order valence-corrected chi connectivity index (χ2v) is 3.77. The van der Waals surface area contributed by atoms with Gasteiger partial charge in [-0.25, -0.2) is 0 Å². The highest BCUT2D eigenvalue weighted by Gasteiger charge is 2.49. The topological polar surface area (TPSA) is 38.7 Å². The van der Waals surface area contributed by atoms with Crippen LogP contribution in [0.15, 0.2) is 0 Å². The molecular weight excluding hydrogens is 202 g/mol. The lowest BCUT2D eigenvalue weighted by atomic mass is 10.6. The zero-order valence-corrected chi connectivity index (χ0v) is 7.67. The molecule has 0 aliphatic carbocycles. The number of ether oxygens (including phenoxy) is 2. The van der Waals surface area contributed by atoms with Gasteiger partial charge >= 0.3 is 5.97 Å². The fraction of sp³-hybridized carbons (Fsp3) is 1.00. The monoisotopic (exact) mass is 208 g/mol. The van der Waals surface area contributed by atoms with E-state index in [-0.39, 0.29) is 0 Å². The van der Waals surface area contributed by atoms with Crippen molar-refractivity contribution in [1.29, 1.82) is 0 Å². The molecule has 0 saturated carbocycles. The first-order chi connectivity index (χ1) is 4.37. The van der Waals surface area contributed by atoms with Crippen molar-refractivity contribution in [1.82, 2.24) is 0 Å². The van der Waals surface area contributed by atoms with Crippen LogP contribution < -0.4 is 0 Å². The standard InChI is InChI=1S/C4H7Cl3O3/c1-9-4(8,10-2)3(5,6)7/h8H,1-2H3. The predicted octanol–water partition coefficient (Wildman–Crippen LogP) is 1.30. The zero-order valence-electron chi connectivity index (χ0n) is 5.40. The fourth-order valence-electron chi connectivity index (χ4n) is 0.315. The summed E-state index contributed by atoms with van der Waals surface area (Å²) in [7, 11) is 2.32. The van der Waals surface area contributed by atoms with Crippen molar-refractivity contribution in [3.05, 3.63) is 0 Å². The summed E-state index contributed by atoms with van der Waals surface area (Å²) in [6.07, 6.45) is 0. The molecule has 10 heavy (non-hydrogen) atoms. The predicted molar refractivity (Wildman–Crippen MR) is 39.3 cm³/mol. The van der Waals surface area contributed by atoms with Crippen LogP contribution >= 0.6 is 34.8 Å². The van der Waals surface area contributed by atoms with Gasteiger partial charge in [0.1, 0.15) is 0 Å². The lowest BCUT2D eigenvalue weighted by Crippen LogP contribution is -2.46. The molecular formula is C4H7Cl3O3. The SMILES string of the molecule is COC(O)(OC)C(Cl)(Cl)Cl. The van der Waals surface area contributed by atoms with E-state index in [4.69, 9.17) is 39.9 Å². The Hall–Kier alpha value is 0.750. The van der Waals surface area contributed by atoms with Crippen LogP contribution in [-0.4, -0.2) is 29.1 Å². The molecule has 0 aromatic heterocycles. The maximum atomic E-state index is 9.12. The van der Waals surface area contributed by atoms with Crippen LogP contribution in [0, 0.1) is 0 Å². The molecule has 0 bridgehead atoms. The molecule has 0 unspecified atom stereocenters. The van der Waals surface area contributed by atoms with Crippen LogP contribution in [0.4, 0.5) is 0 Å². The number of hydrogen-bond donors (Lipinski definition) is 1. The van der Waals surface area contributed by atoms with Crippen molar-refractivity contribution in [2.45, 2.75) is 9.77 Å². The average molecular weight is 209 g/mol. The minimum absolute atomic E-state index is 1.16. The molecule has 1 N–H and O–H groups in total. The Bertz CT molecular complexity index is 107. The molecule has 6 heteroatoms. The zero-order chi connectivity index (χ0) is 8.41. The Balaban J connectivity index is 4.33. The van der Waals surface area contributed by atoms with E-state index in [1.165, 1.54) is 0 Å². The van der Waals surface area contributed by atoms with E-state index in [1.54, 1.807) is 0 Å². The van der Waals surface area contributed by atoms with E-state index in [9.17, 15) is 0 Å². The molecule has 62 valence electrons. The lowest BCUT2D eigenvalue weighted by Gasteiger charge is -2.30. The molecule has 0 saturated heterocycles. The summed E-state index contributed by atoms with van der Waals surface area (Å²) in [5.41, 5.74) is 0. The van der Waals surface area contributed by atoms with Gasteiger partial charge in [0.25, 0.3) is 3.79 Å². The van der Waals surface area contributed by atoms with Crippen LogP contribution in [0.2, 0.25) is 0 Å². The Morgan fingerprint density at radius 3 is 1.40 bits per heavy atom. The molecule has 0 amide bonds. The van der Waals surface area contributed by atoms with E-state index in [0.29, 0.717) is 0 Å². The van der Waals surface area contributed by atoms with Crippen molar-refractivity contribution in [3.63, 3.8) is 0 Å². The molecule has 0 aliphatic heterocycles. The van der Waals surface area contributed by atoms with E-state index in [0.717, 1.165) is 14.2 Å². The smallest absolute Gasteiger partial charge is 0.330 e. The fourth-order valence-corrected chi connectivity index (χ4v) is 0.778. The maximum absolute atomic E-state index is 9.12. The molecule has 3 nitrogen and oxygen atoms in total. The number of halogens is 3. The van der Waals surface area contributed by atoms with Crippen molar-refractivity contribution in [3.8, 4) is 0 Å². The van der Waals surface area contributed by atoms with E-state index < -0.39 is 9.77 Å². The van der Waals surface area contributed by atoms with E-state index >= 15 is 0 Å². The molecule has 0 atom stereocenters. The second-order valence-electron chi connectivity index (χ2n) is 1.49.